The van der Waals surface area contributed by atoms with Gasteiger partial charge in [-0.1, -0.05) is 53.7 Å². The Morgan fingerprint density at radius 1 is 0.789 bits per heavy atom. The number of carbonyl (C=O) groups excluding carboxylic acids is 1. The number of benzene rings is 3. The minimum Gasteiger partial charge on any atom is -0.492 e. The number of nitrogens with zero attached hydrogens (tertiary/aromatic N) is 3. The van der Waals surface area contributed by atoms with Crippen LogP contribution in [0.2, 0.25) is 0 Å². The van der Waals surface area contributed by atoms with Crippen LogP contribution in [0.15, 0.2) is 60.8 Å². The van der Waals surface area contributed by atoms with Gasteiger partial charge in [0.15, 0.2) is 17.2 Å². The minimum absolute atomic E-state index is 0.131. The summed E-state index contributed by atoms with van der Waals surface area (Å²) in [6.45, 7) is 12.1. The summed E-state index contributed by atoms with van der Waals surface area (Å²) in [7, 11) is -0.620. The number of hydrogen-bond donors (Lipinski definition) is 5. The molecule has 0 spiro atoms. The highest BCUT2D eigenvalue weighted by Crippen LogP contribution is 2.40. The summed E-state index contributed by atoms with van der Waals surface area (Å²) in [5, 5.41) is 6.58. The molecule has 0 bridgehead atoms. The molecular weight excluding hydrogens is 773 g/mol. The number of hydrogen-bond acceptors (Lipinski definition) is 12. The van der Waals surface area contributed by atoms with Gasteiger partial charge in [-0.25, -0.2) is 21.8 Å². The smallest absolute Gasteiger partial charge is 0.272 e. The Bertz CT molecular complexity index is 2510. The van der Waals surface area contributed by atoms with Crippen LogP contribution in [0.5, 0.6) is 23.1 Å². The Balaban J connectivity index is 0.000000335. The number of amides is 1. The van der Waals surface area contributed by atoms with E-state index in [1.807, 2.05) is 53.7 Å². The maximum atomic E-state index is 13.6. The highest BCUT2D eigenvalue weighted by atomic mass is 32.2. The molecule has 0 saturated heterocycles. The number of fused-ring (bicyclic) bond motifs is 1. The van der Waals surface area contributed by atoms with Gasteiger partial charge in [0.25, 0.3) is 5.91 Å². The highest BCUT2D eigenvalue weighted by Gasteiger charge is 2.24. The van der Waals surface area contributed by atoms with Gasteiger partial charge < -0.3 is 35.1 Å². The van der Waals surface area contributed by atoms with E-state index in [0.717, 1.165) is 29.0 Å². The maximum Gasteiger partial charge on any atom is 0.272 e. The average molecular weight is 825 g/mol. The molecule has 0 aliphatic rings. The monoisotopic (exact) mass is 824 g/mol. The summed E-state index contributed by atoms with van der Waals surface area (Å²) in [5.41, 5.74) is 9.58. The molecule has 0 atom stereocenters. The Hall–Kier alpha value is -5.75. The van der Waals surface area contributed by atoms with E-state index in [1.54, 1.807) is 67.3 Å². The first-order chi connectivity index (χ1) is 26.3. The molecule has 308 valence electrons. The zero-order valence-corrected chi connectivity index (χ0v) is 35.9. The molecule has 6 N–H and O–H groups in total. The molecule has 16 nitrogen and oxygen atoms in total. The molecule has 18 heteroatoms. The lowest BCUT2D eigenvalue weighted by Gasteiger charge is -2.24. The van der Waals surface area contributed by atoms with Crippen molar-refractivity contribution in [2.45, 2.75) is 52.4 Å². The SMILES string of the molecule is CNc1nccc(Oc2cccc3cc(C(=O)Nc4cc(C(C)(C)C)cc(NS(C)(=O)=O)c4OC)n(C)c23)n1.COc1c(N)cc(C(C)(C)C)cc1NS(C)(=O)=O. The van der Waals surface area contributed by atoms with Gasteiger partial charge in [0, 0.05) is 31.7 Å². The van der Waals surface area contributed by atoms with Gasteiger partial charge >= 0.3 is 0 Å². The van der Waals surface area contributed by atoms with Crippen molar-refractivity contribution in [1.82, 2.24) is 14.5 Å². The van der Waals surface area contributed by atoms with E-state index in [2.05, 4.69) is 30.0 Å². The van der Waals surface area contributed by atoms with Crippen LogP contribution in [0.1, 0.15) is 63.2 Å². The number of nitrogen functional groups attached to an aromatic ring is 1. The molecule has 0 aliphatic heterocycles. The first-order valence-corrected chi connectivity index (χ1v) is 21.4. The molecule has 2 heterocycles. The van der Waals surface area contributed by atoms with Crippen LogP contribution in [0.4, 0.5) is 28.7 Å². The van der Waals surface area contributed by atoms with E-state index in [9.17, 15) is 21.6 Å². The summed E-state index contributed by atoms with van der Waals surface area (Å²) in [6.07, 6.45) is 3.74. The Morgan fingerprint density at radius 3 is 1.86 bits per heavy atom. The van der Waals surface area contributed by atoms with Crippen molar-refractivity contribution in [1.29, 1.82) is 0 Å². The summed E-state index contributed by atoms with van der Waals surface area (Å²) >= 11 is 0. The highest BCUT2D eigenvalue weighted by molar-refractivity contribution is 7.92. The number of nitrogens with two attached hydrogens (primary N) is 1. The number of anilines is 5. The fourth-order valence-corrected chi connectivity index (χ4v) is 6.84. The van der Waals surface area contributed by atoms with Crippen LogP contribution >= 0.6 is 0 Å². The van der Waals surface area contributed by atoms with Crippen molar-refractivity contribution in [3.63, 3.8) is 0 Å². The maximum absolute atomic E-state index is 13.6. The molecule has 3 aromatic carbocycles. The molecule has 5 aromatic rings. The largest absolute Gasteiger partial charge is 0.492 e. The molecule has 0 radical (unpaired) electrons. The molecule has 1 amide bonds. The van der Waals surface area contributed by atoms with Crippen LogP contribution in [0.3, 0.4) is 0 Å². The number of methoxy groups -OCH3 is 2. The zero-order valence-electron chi connectivity index (χ0n) is 34.3. The van der Waals surface area contributed by atoms with Gasteiger partial charge in [0.05, 0.1) is 55.0 Å². The standard InChI is InChI=1S/C27H32N6O5S.C12H20N2O3S/c1-27(2,3)17-14-18(24(37-6)19(15-17)32-39(7,35)36)30-25(34)20-13-16-9-8-10-21(23(16)33(20)5)38-22-11-12-29-26(28-4)31-22;1-12(2,3)8-6-9(13)11(17-4)10(7-8)14-18(5,15)16/h8-15,32H,1-7H3,(H,30,34)(H,28,29,31);6-7,14H,13H2,1-5H3. The van der Waals surface area contributed by atoms with E-state index < -0.39 is 26.0 Å². The first-order valence-electron chi connectivity index (χ1n) is 17.6. The Labute approximate surface area is 334 Å². The number of rotatable bonds is 11. The summed E-state index contributed by atoms with van der Waals surface area (Å²) < 4.78 is 70.1. The Kier molecular flexibility index (Phi) is 12.9. The predicted octanol–water partition coefficient (Wildman–Crippen LogP) is 6.68. The Morgan fingerprint density at radius 2 is 1.33 bits per heavy atom. The van der Waals surface area contributed by atoms with E-state index >= 15 is 0 Å². The van der Waals surface area contributed by atoms with Crippen molar-refractivity contribution in [3.8, 4) is 23.1 Å². The summed E-state index contributed by atoms with van der Waals surface area (Å²) in [4.78, 5) is 22.0. The van der Waals surface area contributed by atoms with E-state index in [4.69, 9.17) is 19.9 Å². The molecule has 0 unspecified atom stereocenters. The average Bonchev–Trinajstić information content (AvgIpc) is 3.43. The second-order valence-electron chi connectivity index (χ2n) is 15.3. The molecular formula is C39H52N8O8S2. The zero-order chi connectivity index (χ0) is 42.7. The molecule has 2 aromatic heterocycles. The molecule has 5 rings (SSSR count). The number of aromatic nitrogens is 3. The second-order valence-corrected chi connectivity index (χ2v) is 18.8. The molecule has 57 heavy (non-hydrogen) atoms. The third kappa shape index (κ3) is 11.2. The number of carbonyl (C=O) groups is 1. The van der Waals surface area contributed by atoms with E-state index in [-0.39, 0.29) is 22.3 Å². The van der Waals surface area contributed by atoms with Gasteiger partial charge in [-0.2, -0.15) is 4.98 Å². The lowest BCUT2D eigenvalue weighted by Crippen LogP contribution is -2.19. The normalized spacial score (nSPS) is 11.9. The third-order valence-corrected chi connectivity index (χ3v) is 9.69. The van der Waals surface area contributed by atoms with Gasteiger partial charge in [0.1, 0.15) is 5.69 Å². The summed E-state index contributed by atoms with van der Waals surface area (Å²) in [5.74, 6) is 1.42. The third-order valence-electron chi connectivity index (χ3n) is 8.51. The van der Waals surface area contributed by atoms with E-state index in [1.165, 1.54) is 14.2 Å². The van der Waals surface area contributed by atoms with Crippen molar-refractivity contribution in [3.05, 3.63) is 77.6 Å². The number of ether oxygens (including phenoxy) is 3. The van der Waals surface area contributed by atoms with Crippen LogP contribution in [-0.4, -0.2) is 71.1 Å². The quantitative estimate of drug-likeness (QED) is 0.0882. The van der Waals surface area contributed by atoms with Crippen LogP contribution in [-0.2, 0) is 37.9 Å². The number of aryl methyl sites for hydroxylation is 1. The molecule has 0 saturated carbocycles. The van der Waals surface area contributed by atoms with Crippen molar-refractivity contribution in [2.24, 2.45) is 7.05 Å². The van der Waals surface area contributed by atoms with Gasteiger partial charge in [0.2, 0.25) is 31.9 Å². The lowest BCUT2D eigenvalue weighted by atomic mass is 9.86. The molecule has 0 aliphatic carbocycles. The minimum atomic E-state index is -3.60. The van der Waals surface area contributed by atoms with Gasteiger partial charge in [-0.15, -0.1) is 0 Å². The summed E-state index contributed by atoms with van der Waals surface area (Å²) in [6, 6.07) is 16.0. The lowest BCUT2D eigenvalue weighted by molar-refractivity contribution is 0.101. The van der Waals surface area contributed by atoms with Gasteiger partial charge in [-0.3, -0.25) is 14.2 Å². The number of para-hydroxylation sites is 1. The van der Waals surface area contributed by atoms with Crippen molar-refractivity contribution in [2.75, 3.05) is 59.6 Å². The number of nitrogens with one attached hydrogen (secondary N) is 4. The van der Waals surface area contributed by atoms with E-state index in [0.29, 0.717) is 51.6 Å². The molecule has 0 fully saturated rings. The fourth-order valence-electron chi connectivity index (χ4n) is 5.74. The van der Waals surface area contributed by atoms with Crippen LogP contribution < -0.4 is 40.0 Å². The fraction of sp³-hybridized carbons (Fsp3) is 0.359. The van der Waals surface area contributed by atoms with Crippen LogP contribution in [0.25, 0.3) is 10.9 Å². The topological polar surface area (TPSA) is 218 Å². The van der Waals surface area contributed by atoms with Crippen molar-refractivity contribution < 1.29 is 35.8 Å². The van der Waals surface area contributed by atoms with Crippen LogP contribution in [0, 0.1) is 0 Å². The van der Waals surface area contributed by atoms with Crippen molar-refractivity contribution >= 4 is 65.6 Å². The second kappa shape index (κ2) is 16.8. The predicted molar refractivity (Wildman–Crippen MR) is 227 cm³/mol. The number of sulfonamides is 2. The van der Waals surface area contributed by atoms with Gasteiger partial charge in [-0.05, 0) is 58.4 Å². The first kappa shape index (κ1) is 44.0.